The van der Waals surface area contributed by atoms with Crippen LogP contribution >= 0.6 is 0 Å². The number of para-hydroxylation sites is 1. The summed E-state index contributed by atoms with van der Waals surface area (Å²) >= 11 is 0. The minimum absolute atomic E-state index is 0.0548. The summed E-state index contributed by atoms with van der Waals surface area (Å²) in [5.74, 6) is 0. The fraction of sp³-hybridized carbons (Fsp3) is 0.258. The van der Waals surface area contributed by atoms with E-state index in [4.69, 9.17) is 0 Å². The third kappa shape index (κ3) is 5.32. The Kier molecular flexibility index (Phi) is 7.16. The molecule has 1 saturated heterocycles. The molecule has 0 radical (unpaired) electrons. The molecule has 0 bridgehead atoms. The monoisotopic (exact) mass is 489 g/mol. The lowest BCUT2D eigenvalue weighted by Gasteiger charge is -2.30. The zero-order chi connectivity index (χ0) is 25.7. The lowest BCUT2D eigenvalue weighted by Crippen LogP contribution is -2.40. The van der Waals surface area contributed by atoms with Crippen LogP contribution in [0, 0.1) is 18.3 Å². The number of aromatic nitrogens is 1. The molecule has 2 amide bonds. The SMILES string of the molecule is Cc1cc(NC(=O)N[C@H]2CCN(CCC(C#N)(c3ccccc3)c3ccccc3)C2)c2ccccc2n1. The molecule has 1 aliphatic rings. The molecular weight excluding hydrogens is 458 g/mol. The Balaban J connectivity index is 1.23. The highest BCUT2D eigenvalue weighted by atomic mass is 16.2. The van der Waals surface area contributed by atoms with Crippen molar-refractivity contribution in [1.29, 1.82) is 5.26 Å². The summed E-state index contributed by atoms with van der Waals surface area (Å²) in [5, 5.41) is 17.5. The number of anilines is 1. The third-order valence-electron chi connectivity index (χ3n) is 7.23. The lowest BCUT2D eigenvalue weighted by molar-refractivity contribution is 0.247. The van der Waals surface area contributed by atoms with Crippen LogP contribution in [0.5, 0.6) is 0 Å². The first-order valence-electron chi connectivity index (χ1n) is 12.8. The fourth-order valence-electron chi connectivity index (χ4n) is 5.32. The number of urea groups is 1. The minimum Gasteiger partial charge on any atom is -0.334 e. The van der Waals surface area contributed by atoms with Crippen molar-refractivity contribution in [3.63, 3.8) is 0 Å². The van der Waals surface area contributed by atoms with Crippen molar-refractivity contribution in [3.8, 4) is 6.07 Å². The Morgan fingerprint density at radius 3 is 2.35 bits per heavy atom. The van der Waals surface area contributed by atoms with Crippen LogP contribution in [0.25, 0.3) is 10.9 Å². The molecule has 3 aromatic carbocycles. The summed E-state index contributed by atoms with van der Waals surface area (Å²) in [5.41, 5.74) is 3.79. The van der Waals surface area contributed by atoms with Gasteiger partial charge >= 0.3 is 6.03 Å². The van der Waals surface area contributed by atoms with Crippen molar-refractivity contribution in [3.05, 3.63) is 108 Å². The van der Waals surface area contributed by atoms with Crippen molar-refractivity contribution in [2.24, 2.45) is 0 Å². The van der Waals surface area contributed by atoms with E-state index in [1.165, 1.54) is 0 Å². The van der Waals surface area contributed by atoms with Gasteiger partial charge in [-0.2, -0.15) is 5.26 Å². The van der Waals surface area contributed by atoms with Crippen molar-refractivity contribution in [2.75, 3.05) is 25.0 Å². The second-order valence-corrected chi connectivity index (χ2v) is 9.71. The normalized spacial score (nSPS) is 15.8. The van der Waals surface area contributed by atoms with E-state index in [1.54, 1.807) is 0 Å². The molecule has 1 aliphatic heterocycles. The van der Waals surface area contributed by atoms with E-state index in [2.05, 4.69) is 26.6 Å². The highest BCUT2D eigenvalue weighted by molar-refractivity contribution is 6.00. The van der Waals surface area contributed by atoms with Crippen molar-refractivity contribution < 1.29 is 4.79 Å². The maximum Gasteiger partial charge on any atom is 0.319 e. The summed E-state index contributed by atoms with van der Waals surface area (Å²) in [6.45, 7) is 4.34. The van der Waals surface area contributed by atoms with E-state index in [0.717, 1.165) is 59.5 Å². The molecule has 0 unspecified atom stereocenters. The Labute approximate surface area is 218 Å². The van der Waals surface area contributed by atoms with Crippen LogP contribution < -0.4 is 10.6 Å². The van der Waals surface area contributed by atoms with Crippen LogP contribution in [0.1, 0.15) is 29.7 Å². The van der Waals surface area contributed by atoms with Gasteiger partial charge in [-0.25, -0.2) is 4.79 Å². The maximum atomic E-state index is 12.9. The Morgan fingerprint density at radius 2 is 1.68 bits per heavy atom. The lowest BCUT2D eigenvalue weighted by atomic mass is 9.73. The highest BCUT2D eigenvalue weighted by Crippen LogP contribution is 2.35. The number of nitrogens with zero attached hydrogens (tertiary/aromatic N) is 3. The second-order valence-electron chi connectivity index (χ2n) is 9.71. The highest BCUT2D eigenvalue weighted by Gasteiger charge is 2.35. The topological polar surface area (TPSA) is 81.0 Å². The molecule has 6 nitrogen and oxygen atoms in total. The van der Waals surface area contributed by atoms with E-state index >= 15 is 0 Å². The average molecular weight is 490 g/mol. The predicted molar refractivity (Wildman–Crippen MR) is 147 cm³/mol. The van der Waals surface area contributed by atoms with Gasteiger partial charge in [0.1, 0.15) is 5.41 Å². The number of carbonyl (C=O) groups excluding carboxylic acids is 1. The maximum absolute atomic E-state index is 12.9. The van der Waals surface area contributed by atoms with Crippen LogP contribution in [0.4, 0.5) is 10.5 Å². The van der Waals surface area contributed by atoms with Crippen LogP contribution in [0.2, 0.25) is 0 Å². The molecule has 0 aliphatic carbocycles. The summed E-state index contributed by atoms with van der Waals surface area (Å²) in [4.78, 5) is 19.7. The first kappa shape index (κ1) is 24.5. The second kappa shape index (κ2) is 10.8. The first-order valence-corrected chi connectivity index (χ1v) is 12.8. The molecule has 0 saturated carbocycles. The number of nitriles is 1. The number of benzene rings is 3. The number of hydrogen-bond donors (Lipinski definition) is 2. The standard InChI is InChI=1S/C31H31N5O/c1-23-20-29(27-14-8-9-15-28(27)33-23)35-30(37)34-26-16-18-36(21-26)19-17-31(22-32,24-10-4-2-5-11-24)25-12-6-3-7-13-25/h2-15,20,26H,16-19,21H2,1H3,(H2,33,34,35,37)/t26-/m0/s1. The number of rotatable bonds is 7. The largest absolute Gasteiger partial charge is 0.334 e. The van der Waals surface area contributed by atoms with Crippen LogP contribution in [-0.2, 0) is 5.41 Å². The summed E-state index contributed by atoms with van der Waals surface area (Å²) in [6.07, 6.45) is 1.55. The number of likely N-dealkylation sites (tertiary alicyclic amines) is 1. The van der Waals surface area contributed by atoms with Gasteiger partial charge in [0.2, 0.25) is 0 Å². The molecule has 186 valence electrons. The van der Waals surface area contributed by atoms with E-state index in [-0.39, 0.29) is 12.1 Å². The summed E-state index contributed by atoms with van der Waals surface area (Å²) in [7, 11) is 0. The Bertz CT molecular complexity index is 1370. The van der Waals surface area contributed by atoms with E-state index in [1.807, 2.05) is 97.9 Å². The van der Waals surface area contributed by atoms with Gasteiger partial charge in [-0.05, 0) is 43.0 Å². The molecule has 4 aromatic rings. The van der Waals surface area contributed by atoms with Crippen LogP contribution in [-0.4, -0.2) is 41.6 Å². The average Bonchev–Trinajstić information content (AvgIpc) is 3.37. The molecule has 0 spiro atoms. The van der Waals surface area contributed by atoms with Gasteiger partial charge in [0.15, 0.2) is 0 Å². The van der Waals surface area contributed by atoms with Crippen molar-refractivity contribution in [2.45, 2.75) is 31.2 Å². The van der Waals surface area contributed by atoms with Crippen molar-refractivity contribution >= 4 is 22.6 Å². The number of fused-ring (bicyclic) bond motifs is 1. The summed E-state index contributed by atoms with van der Waals surface area (Å²) in [6, 6.07) is 32.3. The molecule has 2 heterocycles. The predicted octanol–water partition coefficient (Wildman–Crippen LogP) is 5.64. The van der Waals surface area contributed by atoms with Gasteiger partial charge in [-0.15, -0.1) is 0 Å². The van der Waals surface area contributed by atoms with Gasteiger partial charge in [0.05, 0.1) is 17.3 Å². The number of amides is 2. The number of hydrogen-bond acceptors (Lipinski definition) is 4. The summed E-state index contributed by atoms with van der Waals surface area (Å²) < 4.78 is 0. The van der Waals surface area contributed by atoms with Crippen LogP contribution in [0.3, 0.4) is 0 Å². The number of aryl methyl sites for hydroxylation is 1. The van der Waals surface area contributed by atoms with Gasteiger partial charge in [-0.1, -0.05) is 78.9 Å². The first-order chi connectivity index (χ1) is 18.1. The molecule has 1 aromatic heterocycles. The fourth-order valence-corrected chi connectivity index (χ4v) is 5.32. The molecule has 37 heavy (non-hydrogen) atoms. The molecule has 6 heteroatoms. The van der Waals surface area contributed by atoms with Crippen molar-refractivity contribution in [1.82, 2.24) is 15.2 Å². The minimum atomic E-state index is -0.717. The van der Waals surface area contributed by atoms with Gasteiger partial charge in [-0.3, -0.25) is 4.98 Å². The van der Waals surface area contributed by atoms with Gasteiger partial charge in [0, 0.05) is 36.8 Å². The molecule has 1 fully saturated rings. The van der Waals surface area contributed by atoms with Gasteiger partial charge < -0.3 is 15.5 Å². The third-order valence-corrected chi connectivity index (χ3v) is 7.23. The molecular formula is C31H31N5O. The number of carbonyl (C=O) groups is 1. The zero-order valence-electron chi connectivity index (χ0n) is 21.0. The van der Waals surface area contributed by atoms with E-state index < -0.39 is 5.41 Å². The Hall–Kier alpha value is -4.21. The van der Waals surface area contributed by atoms with E-state index in [9.17, 15) is 10.1 Å². The Morgan fingerprint density at radius 1 is 1.03 bits per heavy atom. The van der Waals surface area contributed by atoms with Gasteiger partial charge in [0.25, 0.3) is 0 Å². The molecule has 1 atom stereocenters. The van der Waals surface area contributed by atoms with E-state index in [0.29, 0.717) is 6.42 Å². The number of nitrogens with one attached hydrogen (secondary N) is 2. The number of pyridine rings is 1. The quantitative estimate of drug-likeness (QED) is 0.352. The molecule has 2 N–H and O–H groups in total. The zero-order valence-corrected chi connectivity index (χ0v) is 21.0. The molecule has 5 rings (SSSR count). The smallest absolute Gasteiger partial charge is 0.319 e. The van der Waals surface area contributed by atoms with Crippen LogP contribution in [0.15, 0.2) is 91.0 Å².